The van der Waals surface area contributed by atoms with Crippen LogP contribution in [0.25, 0.3) is 10.9 Å². The highest BCUT2D eigenvalue weighted by Gasteiger charge is 2.05. The average molecular weight is 385 g/mol. The SMILES string of the molecule is Cc1ccc(COc2ccc(C=Nn3c(=O)[nH]c4ccccc4c3=O)cc2)cc1. The summed E-state index contributed by atoms with van der Waals surface area (Å²) in [6.45, 7) is 2.53. The average Bonchev–Trinajstić information content (AvgIpc) is 2.74. The predicted octanol–water partition coefficient (Wildman–Crippen LogP) is 3.46. The van der Waals surface area contributed by atoms with Crippen molar-refractivity contribution in [3.05, 3.63) is 110 Å². The van der Waals surface area contributed by atoms with E-state index in [9.17, 15) is 9.59 Å². The van der Waals surface area contributed by atoms with Gasteiger partial charge in [-0.2, -0.15) is 5.10 Å². The first-order valence-corrected chi connectivity index (χ1v) is 9.17. The monoisotopic (exact) mass is 385 g/mol. The minimum Gasteiger partial charge on any atom is -0.489 e. The molecule has 0 amide bonds. The fourth-order valence-electron chi connectivity index (χ4n) is 2.88. The van der Waals surface area contributed by atoms with Crippen LogP contribution in [0, 0.1) is 6.92 Å². The first-order chi connectivity index (χ1) is 14.1. The van der Waals surface area contributed by atoms with Gasteiger partial charge in [0.1, 0.15) is 12.4 Å². The highest BCUT2D eigenvalue weighted by atomic mass is 16.5. The number of fused-ring (bicyclic) bond motifs is 1. The normalized spacial score (nSPS) is 11.2. The van der Waals surface area contributed by atoms with Crippen molar-refractivity contribution in [1.82, 2.24) is 9.66 Å². The number of hydrogen-bond acceptors (Lipinski definition) is 4. The number of aromatic amines is 1. The van der Waals surface area contributed by atoms with Crippen molar-refractivity contribution in [1.29, 1.82) is 0 Å². The summed E-state index contributed by atoms with van der Waals surface area (Å²) in [7, 11) is 0. The van der Waals surface area contributed by atoms with Gasteiger partial charge in [-0.15, -0.1) is 4.68 Å². The lowest BCUT2D eigenvalue weighted by molar-refractivity contribution is 0.306. The highest BCUT2D eigenvalue weighted by Crippen LogP contribution is 2.14. The zero-order chi connectivity index (χ0) is 20.2. The van der Waals surface area contributed by atoms with E-state index in [4.69, 9.17) is 4.74 Å². The molecule has 0 saturated carbocycles. The summed E-state index contributed by atoms with van der Waals surface area (Å²) < 4.78 is 6.60. The van der Waals surface area contributed by atoms with Crippen molar-refractivity contribution in [3.8, 4) is 5.75 Å². The molecule has 4 rings (SSSR count). The van der Waals surface area contributed by atoms with Gasteiger partial charge < -0.3 is 9.72 Å². The third-order valence-electron chi connectivity index (χ3n) is 4.51. The first-order valence-electron chi connectivity index (χ1n) is 9.17. The second-order valence-electron chi connectivity index (χ2n) is 6.68. The van der Waals surface area contributed by atoms with E-state index in [1.165, 1.54) is 11.8 Å². The molecule has 6 heteroatoms. The molecule has 3 aromatic carbocycles. The van der Waals surface area contributed by atoms with Gasteiger partial charge in [0.25, 0.3) is 5.56 Å². The summed E-state index contributed by atoms with van der Waals surface area (Å²) in [5.41, 5.74) is 2.50. The second kappa shape index (κ2) is 7.98. The fourth-order valence-corrected chi connectivity index (χ4v) is 2.88. The Labute approximate surface area is 166 Å². The molecule has 0 aliphatic heterocycles. The van der Waals surface area contributed by atoms with Crippen LogP contribution in [0.1, 0.15) is 16.7 Å². The van der Waals surface area contributed by atoms with E-state index in [1.807, 2.05) is 43.3 Å². The molecule has 0 aliphatic carbocycles. The molecule has 0 radical (unpaired) electrons. The Morgan fingerprint density at radius 2 is 1.69 bits per heavy atom. The van der Waals surface area contributed by atoms with Crippen molar-refractivity contribution < 1.29 is 4.74 Å². The van der Waals surface area contributed by atoms with Crippen LogP contribution < -0.4 is 16.0 Å². The molecule has 0 aliphatic rings. The molecule has 1 N–H and O–H groups in total. The van der Waals surface area contributed by atoms with Gasteiger partial charge in [0.05, 0.1) is 17.1 Å². The van der Waals surface area contributed by atoms with Crippen LogP contribution in [0.5, 0.6) is 5.75 Å². The third-order valence-corrected chi connectivity index (χ3v) is 4.51. The Balaban J connectivity index is 1.49. The molecular weight excluding hydrogens is 366 g/mol. The molecule has 0 spiro atoms. The first kappa shape index (κ1) is 18.4. The van der Waals surface area contributed by atoms with Gasteiger partial charge >= 0.3 is 5.69 Å². The van der Waals surface area contributed by atoms with Crippen LogP contribution in [0.2, 0.25) is 0 Å². The van der Waals surface area contributed by atoms with Crippen molar-refractivity contribution in [2.45, 2.75) is 13.5 Å². The van der Waals surface area contributed by atoms with Crippen molar-refractivity contribution in [2.24, 2.45) is 5.10 Å². The van der Waals surface area contributed by atoms with Gasteiger partial charge in [0, 0.05) is 0 Å². The van der Waals surface area contributed by atoms with E-state index < -0.39 is 11.2 Å². The summed E-state index contributed by atoms with van der Waals surface area (Å²) in [6, 6.07) is 22.3. The maximum atomic E-state index is 12.5. The Morgan fingerprint density at radius 1 is 0.966 bits per heavy atom. The number of rotatable bonds is 5. The number of nitrogens with one attached hydrogen (secondary N) is 1. The summed E-state index contributed by atoms with van der Waals surface area (Å²) in [6.07, 6.45) is 1.47. The molecule has 4 aromatic rings. The molecule has 0 saturated heterocycles. The highest BCUT2D eigenvalue weighted by molar-refractivity contribution is 5.80. The number of aryl methyl sites for hydroxylation is 1. The van der Waals surface area contributed by atoms with Crippen LogP contribution >= 0.6 is 0 Å². The fraction of sp³-hybridized carbons (Fsp3) is 0.0870. The molecular formula is C23H19N3O3. The second-order valence-corrected chi connectivity index (χ2v) is 6.68. The number of aromatic nitrogens is 2. The van der Waals surface area contributed by atoms with E-state index >= 15 is 0 Å². The number of H-pyrrole nitrogens is 1. The zero-order valence-electron chi connectivity index (χ0n) is 15.8. The van der Waals surface area contributed by atoms with Crippen LogP contribution in [-0.4, -0.2) is 15.9 Å². The maximum Gasteiger partial charge on any atom is 0.349 e. The van der Waals surface area contributed by atoms with Crippen molar-refractivity contribution in [3.63, 3.8) is 0 Å². The molecule has 144 valence electrons. The lowest BCUT2D eigenvalue weighted by atomic mass is 10.2. The number of ether oxygens (including phenoxy) is 1. The summed E-state index contributed by atoms with van der Waals surface area (Å²) in [5, 5.41) is 4.46. The number of nitrogens with zero attached hydrogens (tertiary/aromatic N) is 2. The van der Waals surface area contributed by atoms with E-state index in [0.717, 1.165) is 21.6 Å². The zero-order valence-corrected chi connectivity index (χ0v) is 15.8. The molecule has 0 fully saturated rings. The number of benzene rings is 3. The van der Waals surface area contributed by atoms with E-state index in [1.54, 1.807) is 24.3 Å². The third kappa shape index (κ3) is 4.16. The van der Waals surface area contributed by atoms with Crippen LogP contribution in [0.4, 0.5) is 0 Å². The summed E-state index contributed by atoms with van der Waals surface area (Å²) >= 11 is 0. The molecule has 6 nitrogen and oxygen atoms in total. The number of para-hydroxylation sites is 1. The van der Waals surface area contributed by atoms with Crippen LogP contribution in [0.15, 0.2) is 87.5 Å². The minimum absolute atomic E-state index is 0.407. The van der Waals surface area contributed by atoms with Gasteiger partial charge in [-0.1, -0.05) is 42.0 Å². The van der Waals surface area contributed by atoms with Crippen LogP contribution in [-0.2, 0) is 6.61 Å². The Kier molecular flexibility index (Phi) is 5.07. The Hall–Kier alpha value is -3.93. The Morgan fingerprint density at radius 3 is 2.45 bits per heavy atom. The predicted molar refractivity (Wildman–Crippen MR) is 114 cm³/mol. The van der Waals surface area contributed by atoms with E-state index in [0.29, 0.717) is 17.5 Å². The molecule has 0 atom stereocenters. The molecule has 1 heterocycles. The van der Waals surface area contributed by atoms with Gasteiger partial charge in [-0.25, -0.2) is 4.79 Å². The van der Waals surface area contributed by atoms with Crippen LogP contribution in [0.3, 0.4) is 0 Å². The molecule has 0 bridgehead atoms. The topological polar surface area (TPSA) is 76.5 Å². The van der Waals surface area contributed by atoms with E-state index in [-0.39, 0.29) is 0 Å². The van der Waals surface area contributed by atoms with Crippen molar-refractivity contribution >= 4 is 17.1 Å². The molecule has 1 aromatic heterocycles. The number of hydrogen-bond donors (Lipinski definition) is 1. The lowest BCUT2D eigenvalue weighted by Gasteiger charge is -2.07. The quantitative estimate of drug-likeness (QED) is 0.535. The smallest absolute Gasteiger partial charge is 0.349 e. The summed E-state index contributed by atoms with van der Waals surface area (Å²) in [5.74, 6) is 0.725. The van der Waals surface area contributed by atoms with Crippen molar-refractivity contribution in [2.75, 3.05) is 0 Å². The maximum absolute atomic E-state index is 12.5. The molecule has 29 heavy (non-hydrogen) atoms. The Bertz CT molecular complexity index is 1280. The molecule has 0 unspecified atom stereocenters. The summed E-state index contributed by atoms with van der Waals surface area (Å²) in [4.78, 5) is 27.3. The van der Waals surface area contributed by atoms with Gasteiger partial charge in [-0.05, 0) is 54.4 Å². The standard InChI is InChI=1S/C23H19N3O3/c1-16-6-8-18(9-7-16)15-29-19-12-10-17(11-13-19)14-24-26-22(27)20-4-2-3-5-21(20)25-23(26)28/h2-14H,15H2,1H3,(H,25,28). The van der Waals surface area contributed by atoms with Gasteiger partial charge in [0.15, 0.2) is 0 Å². The minimum atomic E-state index is -0.581. The van der Waals surface area contributed by atoms with Gasteiger partial charge in [-0.3, -0.25) is 4.79 Å². The van der Waals surface area contributed by atoms with E-state index in [2.05, 4.69) is 22.2 Å². The lowest BCUT2D eigenvalue weighted by Crippen LogP contribution is -2.32. The van der Waals surface area contributed by atoms with Gasteiger partial charge in [0.2, 0.25) is 0 Å². The largest absolute Gasteiger partial charge is 0.489 e.